The van der Waals surface area contributed by atoms with Gasteiger partial charge in [-0.05, 0) is 38.1 Å². The number of anilines is 2. The number of carbonyl (C=O) groups is 1. The van der Waals surface area contributed by atoms with E-state index >= 15 is 0 Å². The van der Waals surface area contributed by atoms with Gasteiger partial charge in [0.2, 0.25) is 17.1 Å². The van der Waals surface area contributed by atoms with E-state index in [0.717, 1.165) is 23.5 Å². The number of ketones is 1. The fourth-order valence-electron chi connectivity index (χ4n) is 2.10. The Labute approximate surface area is 174 Å². The molecule has 0 saturated heterocycles. The third-order valence-electron chi connectivity index (χ3n) is 3.34. The van der Waals surface area contributed by atoms with Gasteiger partial charge in [0, 0.05) is 30.4 Å². The van der Waals surface area contributed by atoms with E-state index in [0.29, 0.717) is 35.7 Å². The molecule has 0 spiro atoms. The molecule has 9 nitrogen and oxygen atoms in total. The van der Waals surface area contributed by atoms with Gasteiger partial charge in [-0.3, -0.25) is 4.79 Å². The zero-order valence-corrected chi connectivity index (χ0v) is 17.3. The molecule has 1 aromatic carbocycles. The molecule has 0 unspecified atom stereocenters. The standard InChI is InChI=1S/C17H18FN7O2S2/c1-3-19-13-21-14(20-4-2)23-15(22-13)29-17-25-24-16(27-17)28-9-12(26)10-5-7-11(18)8-6-10/h5-8H,3-4,9H2,1-2H3,(H2,19,20,21,22,23). The maximum absolute atomic E-state index is 12.9. The van der Waals surface area contributed by atoms with Crippen LogP contribution >= 0.6 is 23.5 Å². The van der Waals surface area contributed by atoms with Gasteiger partial charge in [0.15, 0.2) is 5.78 Å². The Morgan fingerprint density at radius 2 is 1.62 bits per heavy atom. The van der Waals surface area contributed by atoms with Gasteiger partial charge >= 0.3 is 0 Å². The highest BCUT2D eigenvalue weighted by Gasteiger charge is 2.15. The Hall–Kier alpha value is -2.73. The Morgan fingerprint density at radius 3 is 2.24 bits per heavy atom. The highest BCUT2D eigenvalue weighted by atomic mass is 32.2. The highest BCUT2D eigenvalue weighted by molar-refractivity contribution is 8.00. The first kappa shape index (κ1) is 21.0. The number of hydrogen-bond acceptors (Lipinski definition) is 11. The quantitative estimate of drug-likeness (QED) is 0.360. The molecule has 29 heavy (non-hydrogen) atoms. The summed E-state index contributed by atoms with van der Waals surface area (Å²) in [6, 6.07) is 5.38. The summed E-state index contributed by atoms with van der Waals surface area (Å²) in [5.41, 5.74) is 0.421. The Morgan fingerprint density at radius 1 is 1.00 bits per heavy atom. The van der Waals surface area contributed by atoms with Crippen LogP contribution in [0.4, 0.5) is 16.3 Å². The summed E-state index contributed by atoms with van der Waals surface area (Å²) in [5.74, 6) is 0.435. The van der Waals surface area contributed by atoms with Crippen molar-refractivity contribution < 1.29 is 13.6 Å². The van der Waals surface area contributed by atoms with Crippen LogP contribution in [0.5, 0.6) is 0 Å². The molecule has 3 rings (SSSR count). The molecule has 0 bridgehead atoms. The van der Waals surface area contributed by atoms with Crippen molar-refractivity contribution >= 4 is 41.2 Å². The number of Topliss-reactive ketones (excluding diaryl/α,β-unsaturated/α-hetero) is 1. The minimum Gasteiger partial charge on any atom is -0.406 e. The average Bonchev–Trinajstić information content (AvgIpc) is 3.14. The molecule has 0 fully saturated rings. The van der Waals surface area contributed by atoms with Gasteiger partial charge < -0.3 is 15.1 Å². The molecule has 0 radical (unpaired) electrons. The number of hydrogen-bond donors (Lipinski definition) is 2. The van der Waals surface area contributed by atoms with Crippen molar-refractivity contribution in [3.05, 3.63) is 35.6 Å². The van der Waals surface area contributed by atoms with Crippen LogP contribution in [0.1, 0.15) is 24.2 Å². The second kappa shape index (κ2) is 10.2. The molecular weight excluding hydrogens is 417 g/mol. The van der Waals surface area contributed by atoms with Gasteiger partial charge in [0.1, 0.15) is 5.82 Å². The average molecular weight is 436 g/mol. The first-order valence-electron chi connectivity index (χ1n) is 8.74. The lowest BCUT2D eigenvalue weighted by Crippen LogP contribution is -2.09. The predicted octanol–water partition coefficient (Wildman–Crippen LogP) is 3.38. The highest BCUT2D eigenvalue weighted by Crippen LogP contribution is 2.28. The van der Waals surface area contributed by atoms with Crippen molar-refractivity contribution in [2.24, 2.45) is 0 Å². The van der Waals surface area contributed by atoms with E-state index in [1.54, 1.807) is 0 Å². The van der Waals surface area contributed by atoms with Gasteiger partial charge in [-0.25, -0.2) is 4.39 Å². The minimum absolute atomic E-state index is 0.0961. The second-order valence-electron chi connectivity index (χ2n) is 5.48. The smallest absolute Gasteiger partial charge is 0.285 e. The molecule has 152 valence electrons. The summed E-state index contributed by atoms with van der Waals surface area (Å²) in [4.78, 5) is 25.0. The van der Waals surface area contributed by atoms with Crippen LogP contribution in [-0.4, -0.2) is 49.8 Å². The Kier molecular flexibility index (Phi) is 7.36. The van der Waals surface area contributed by atoms with Gasteiger partial charge in [0.25, 0.3) is 10.4 Å². The number of thioether (sulfide) groups is 1. The first-order valence-corrected chi connectivity index (χ1v) is 10.5. The maximum Gasteiger partial charge on any atom is 0.285 e. The lowest BCUT2D eigenvalue weighted by atomic mass is 10.1. The maximum atomic E-state index is 12.9. The summed E-state index contributed by atoms with van der Waals surface area (Å²) in [6.07, 6.45) is 0. The summed E-state index contributed by atoms with van der Waals surface area (Å²) in [6.45, 7) is 5.22. The molecule has 2 heterocycles. The third-order valence-corrected chi connectivity index (χ3v) is 4.87. The van der Waals surface area contributed by atoms with Crippen LogP contribution in [0.2, 0.25) is 0 Å². The molecule has 0 aliphatic rings. The summed E-state index contributed by atoms with van der Waals surface area (Å²) in [7, 11) is 0. The van der Waals surface area contributed by atoms with Gasteiger partial charge in [-0.15, -0.1) is 5.10 Å². The van der Waals surface area contributed by atoms with E-state index in [1.807, 2.05) is 13.8 Å². The third kappa shape index (κ3) is 6.12. The second-order valence-corrected chi connectivity index (χ2v) is 7.33. The Bertz CT molecular complexity index is 944. The van der Waals surface area contributed by atoms with Crippen molar-refractivity contribution in [2.75, 3.05) is 29.5 Å². The zero-order chi connectivity index (χ0) is 20.6. The number of aromatic nitrogens is 5. The van der Waals surface area contributed by atoms with Crippen LogP contribution < -0.4 is 10.6 Å². The van der Waals surface area contributed by atoms with E-state index in [1.165, 1.54) is 24.3 Å². The molecule has 3 aromatic rings. The van der Waals surface area contributed by atoms with Crippen LogP contribution in [0.25, 0.3) is 0 Å². The zero-order valence-electron chi connectivity index (χ0n) is 15.7. The van der Waals surface area contributed by atoms with Crippen LogP contribution in [0.15, 0.2) is 44.3 Å². The molecule has 0 saturated carbocycles. The van der Waals surface area contributed by atoms with Crippen molar-refractivity contribution in [2.45, 2.75) is 29.4 Å². The predicted molar refractivity (Wildman–Crippen MR) is 108 cm³/mol. The number of nitrogens with one attached hydrogen (secondary N) is 2. The van der Waals surface area contributed by atoms with E-state index < -0.39 is 0 Å². The fourth-order valence-corrected chi connectivity index (χ4v) is 3.43. The Balaban J connectivity index is 1.62. The van der Waals surface area contributed by atoms with Crippen molar-refractivity contribution in [3.8, 4) is 0 Å². The van der Waals surface area contributed by atoms with E-state index in [9.17, 15) is 9.18 Å². The fraction of sp³-hybridized carbons (Fsp3) is 0.294. The molecule has 2 N–H and O–H groups in total. The van der Waals surface area contributed by atoms with Crippen molar-refractivity contribution in [1.82, 2.24) is 25.1 Å². The number of benzene rings is 1. The first-order chi connectivity index (χ1) is 14.1. The van der Waals surface area contributed by atoms with Crippen molar-refractivity contribution in [3.63, 3.8) is 0 Å². The minimum atomic E-state index is -0.388. The number of carbonyl (C=O) groups excluding carboxylic acids is 1. The van der Waals surface area contributed by atoms with Crippen LogP contribution in [0.3, 0.4) is 0 Å². The lowest BCUT2D eigenvalue weighted by molar-refractivity contribution is 0.102. The van der Waals surface area contributed by atoms with Crippen LogP contribution in [-0.2, 0) is 0 Å². The van der Waals surface area contributed by atoms with Gasteiger partial charge in [0.05, 0.1) is 5.75 Å². The summed E-state index contributed by atoms with van der Waals surface area (Å²) < 4.78 is 18.5. The SMILES string of the molecule is CCNc1nc(NCC)nc(Sc2nnc(SCC(=O)c3ccc(F)cc3)o2)n1. The molecule has 0 aliphatic heterocycles. The summed E-state index contributed by atoms with van der Waals surface area (Å²) >= 11 is 2.21. The van der Waals surface area contributed by atoms with Gasteiger partial charge in [-0.2, -0.15) is 15.0 Å². The number of halogens is 1. The van der Waals surface area contributed by atoms with E-state index in [4.69, 9.17) is 4.42 Å². The molecular formula is C17H18FN7O2S2. The number of nitrogens with zero attached hydrogens (tertiary/aromatic N) is 5. The molecule has 12 heteroatoms. The topological polar surface area (TPSA) is 119 Å². The molecule has 0 atom stereocenters. The van der Waals surface area contributed by atoms with Crippen molar-refractivity contribution in [1.29, 1.82) is 0 Å². The molecule has 0 aliphatic carbocycles. The van der Waals surface area contributed by atoms with E-state index in [-0.39, 0.29) is 27.8 Å². The number of rotatable bonds is 10. The largest absolute Gasteiger partial charge is 0.406 e. The van der Waals surface area contributed by atoms with Gasteiger partial charge in [-0.1, -0.05) is 16.9 Å². The lowest BCUT2D eigenvalue weighted by Gasteiger charge is -2.06. The molecule has 2 aromatic heterocycles. The van der Waals surface area contributed by atoms with Crippen LogP contribution in [0, 0.1) is 5.82 Å². The normalized spacial score (nSPS) is 10.7. The van der Waals surface area contributed by atoms with E-state index in [2.05, 4.69) is 35.8 Å². The molecule has 0 amide bonds. The summed E-state index contributed by atoms with van der Waals surface area (Å²) in [5, 5.41) is 14.8. The monoisotopic (exact) mass is 435 g/mol.